The zero-order chi connectivity index (χ0) is 14.7. The predicted octanol–water partition coefficient (Wildman–Crippen LogP) is 3.03. The number of aryl methyl sites for hydroxylation is 2. The largest absolute Gasteiger partial charge is 0.478 e. The summed E-state index contributed by atoms with van der Waals surface area (Å²) in [7, 11) is 1.97. The maximum atomic E-state index is 11.0. The van der Waals surface area contributed by atoms with Crippen molar-refractivity contribution in [3.63, 3.8) is 0 Å². The summed E-state index contributed by atoms with van der Waals surface area (Å²) >= 11 is 0. The number of carboxylic acids is 1. The summed E-state index contributed by atoms with van der Waals surface area (Å²) in [6.07, 6.45) is 0. The number of hydrogen-bond donors (Lipinski definition) is 1. The molecular weight excluding hydrogens is 252 g/mol. The molecule has 0 bridgehead atoms. The molecule has 1 aromatic carbocycles. The molecule has 0 aliphatic heterocycles. The lowest BCUT2D eigenvalue weighted by molar-refractivity contribution is 0.0696. The maximum absolute atomic E-state index is 11.0. The number of pyridine rings is 1. The molecule has 1 heterocycles. The van der Waals surface area contributed by atoms with Crippen molar-refractivity contribution in [1.29, 1.82) is 0 Å². The Kier molecular flexibility index (Phi) is 4.03. The van der Waals surface area contributed by atoms with Gasteiger partial charge < -0.3 is 10.0 Å². The van der Waals surface area contributed by atoms with Gasteiger partial charge in [-0.1, -0.05) is 6.07 Å². The Labute approximate surface area is 118 Å². The van der Waals surface area contributed by atoms with E-state index in [1.165, 1.54) is 0 Å². The molecule has 0 spiro atoms. The van der Waals surface area contributed by atoms with Crippen LogP contribution in [-0.2, 0) is 6.54 Å². The van der Waals surface area contributed by atoms with Crippen LogP contribution in [0.5, 0.6) is 0 Å². The summed E-state index contributed by atoms with van der Waals surface area (Å²) in [4.78, 5) is 17.5. The number of anilines is 1. The third-order valence-electron chi connectivity index (χ3n) is 3.23. The minimum absolute atomic E-state index is 0.343. The average Bonchev–Trinajstić information content (AvgIpc) is 2.38. The van der Waals surface area contributed by atoms with Crippen LogP contribution in [0.3, 0.4) is 0 Å². The molecule has 0 aliphatic carbocycles. The van der Waals surface area contributed by atoms with Crippen LogP contribution in [0, 0.1) is 13.8 Å². The van der Waals surface area contributed by atoms with Crippen molar-refractivity contribution in [2.75, 3.05) is 11.9 Å². The molecular formula is C16H18N2O2. The smallest absolute Gasteiger partial charge is 0.335 e. The second kappa shape index (κ2) is 5.74. The van der Waals surface area contributed by atoms with Gasteiger partial charge in [0.25, 0.3) is 0 Å². The summed E-state index contributed by atoms with van der Waals surface area (Å²) in [5.41, 5.74) is 4.08. The Morgan fingerprint density at radius 3 is 2.60 bits per heavy atom. The second-order valence-electron chi connectivity index (χ2n) is 4.93. The van der Waals surface area contributed by atoms with Crippen LogP contribution in [0.15, 0.2) is 36.4 Å². The van der Waals surface area contributed by atoms with Gasteiger partial charge >= 0.3 is 5.97 Å². The molecule has 0 amide bonds. The van der Waals surface area contributed by atoms with Crippen LogP contribution < -0.4 is 4.90 Å². The molecule has 4 nitrogen and oxygen atoms in total. The number of aromatic nitrogens is 1. The van der Waals surface area contributed by atoms with Gasteiger partial charge in [0.1, 0.15) is 0 Å². The lowest BCUT2D eigenvalue weighted by atomic mass is 10.1. The Hall–Kier alpha value is -2.36. The molecule has 2 rings (SSSR count). The van der Waals surface area contributed by atoms with Crippen molar-refractivity contribution in [3.8, 4) is 0 Å². The minimum atomic E-state index is -0.892. The van der Waals surface area contributed by atoms with E-state index in [0.29, 0.717) is 12.1 Å². The predicted molar refractivity (Wildman–Crippen MR) is 79.2 cm³/mol. The SMILES string of the molecule is Cc1cccc(CN(C)c2ccc(C(=O)O)c(C)c2)n1. The van der Waals surface area contributed by atoms with Crippen molar-refractivity contribution in [2.24, 2.45) is 0 Å². The van der Waals surface area contributed by atoms with Crippen LogP contribution in [0.2, 0.25) is 0 Å². The molecule has 4 heteroatoms. The van der Waals surface area contributed by atoms with Gasteiger partial charge in [0, 0.05) is 18.4 Å². The van der Waals surface area contributed by atoms with E-state index in [4.69, 9.17) is 5.11 Å². The highest BCUT2D eigenvalue weighted by Gasteiger charge is 2.09. The standard InChI is InChI=1S/C16H18N2O2/c1-11-9-14(7-8-15(11)16(19)20)18(3)10-13-6-4-5-12(2)17-13/h4-9H,10H2,1-3H3,(H,19,20). The Morgan fingerprint density at radius 2 is 2.00 bits per heavy atom. The average molecular weight is 270 g/mol. The highest BCUT2D eigenvalue weighted by molar-refractivity contribution is 5.89. The number of rotatable bonds is 4. The lowest BCUT2D eigenvalue weighted by Crippen LogP contribution is -2.17. The number of nitrogens with zero attached hydrogens (tertiary/aromatic N) is 2. The van der Waals surface area contributed by atoms with Crippen molar-refractivity contribution >= 4 is 11.7 Å². The lowest BCUT2D eigenvalue weighted by Gasteiger charge is -2.20. The van der Waals surface area contributed by atoms with Gasteiger partial charge in [0.2, 0.25) is 0 Å². The monoisotopic (exact) mass is 270 g/mol. The van der Waals surface area contributed by atoms with Crippen molar-refractivity contribution < 1.29 is 9.90 Å². The summed E-state index contributed by atoms with van der Waals surface area (Å²) in [6.45, 7) is 4.47. The first kappa shape index (κ1) is 14.1. The first-order valence-corrected chi connectivity index (χ1v) is 6.45. The van der Waals surface area contributed by atoms with Crippen LogP contribution in [0.25, 0.3) is 0 Å². The summed E-state index contributed by atoms with van der Waals surface area (Å²) < 4.78 is 0. The van der Waals surface area contributed by atoms with E-state index in [1.54, 1.807) is 6.07 Å². The quantitative estimate of drug-likeness (QED) is 0.927. The van der Waals surface area contributed by atoms with Crippen LogP contribution in [0.1, 0.15) is 27.3 Å². The zero-order valence-electron chi connectivity index (χ0n) is 11.9. The number of hydrogen-bond acceptors (Lipinski definition) is 3. The molecule has 0 fully saturated rings. The number of carbonyl (C=O) groups is 1. The third-order valence-corrected chi connectivity index (χ3v) is 3.23. The molecule has 1 N–H and O–H groups in total. The normalized spacial score (nSPS) is 10.3. The molecule has 0 unspecified atom stereocenters. The van der Waals surface area contributed by atoms with Gasteiger partial charge in [0.05, 0.1) is 17.8 Å². The number of benzene rings is 1. The van der Waals surface area contributed by atoms with Crippen LogP contribution in [-0.4, -0.2) is 23.1 Å². The fourth-order valence-corrected chi connectivity index (χ4v) is 2.15. The molecule has 2 aromatic rings. The third kappa shape index (κ3) is 3.15. The van der Waals surface area contributed by atoms with Crippen molar-refractivity contribution in [3.05, 3.63) is 58.9 Å². The first-order chi connectivity index (χ1) is 9.47. The van der Waals surface area contributed by atoms with Gasteiger partial charge in [-0.2, -0.15) is 0 Å². The van der Waals surface area contributed by atoms with E-state index >= 15 is 0 Å². The van der Waals surface area contributed by atoms with Gasteiger partial charge in [-0.15, -0.1) is 0 Å². The maximum Gasteiger partial charge on any atom is 0.335 e. The van der Waals surface area contributed by atoms with Crippen molar-refractivity contribution in [2.45, 2.75) is 20.4 Å². The summed E-state index contributed by atoms with van der Waals surface area (Å²) in [5, 5.41) is 9.04. The second-order valence-corrected chi connectivity index (χ2v) is 4.93. The number of carboxylic acid groups (broad SMARTS) is 1. The van der Waals surface area contributed by atoms with Gasteiger partial charge in [-0.05, 0) is 49.7 Å². The summed E-state index contributed by atoms with van der Waals surface area (Å²) in [5.74, 6) is -0.892. The van der Waals surface area contributed by atoms with E-state index in [2.05, 4.69) is 9.88 Å². The Balaban J connectivity index is 2.19. The van der Waals surface area contributed by atoms with Crippen molar-refractivity contribution in [1.82, 2.24) is 4.98 Å². The topological polar surface area (TPSA) is 53.4 Å². The van der Waals surface area contributed by atoms with Gasteiger partial charge in [-0.3, -0.25) is 4.98 Å². The van der Waals surface area contributed by atoms with E-state index in [9.17, 15) is 4.79 Å². The molecule has 1 aromatic heterocycles. The fraction of sp³-hybridized carbons (Fsp3) is 0.250. The van der Waals surface area contributed by atoms with Gasteiger partial charge in [0.15, 0.2) is 0 Å². The van der Waals surface area contributed by atoms with E-state index in [-0.39, 0.29) is 0 Å². The summed E-state index contributed by atoms with van der Waals surface area (Å²) in [6, 6.07) is 11.3. The highest BCUT2D eigenvalue weighted by atomic mass is 16.4. The highest BCUT2D eigenvalue weighted by Crippen LogP contribution is 2.19. The molecule has 0 saturated heterocycles. The van der Waals surface area contributed by atoms with Crippen LogP contribution in [0.4, 0.5) is 5.69 Å². The molecule has 20 heavy (non-hydrogen) atoms. The van der Waals surface area contributed by atoms with Crippen LogP contribution >= 0.6 is 0 Å². The Bertz CT molecular complexity index is 638. The van der Waals surface area contributed by atoms with E-state index < -0.39 is 5.97 Å². The fourth-order valence-electron chi connectivity index (χ4n) is 2.15. The molecule has 0 saturated carbocycles. The molecule has 0 atom stereocenters. The zero-order valence-corrected chi connectivity index (χ0v) is 11.9. The minimum Gasteiger partial charge on any atom is -0.478 e. The first-order valence-electron chi connectivity index (χ1n) is 6.45. The molecule has 0 aliphatic rings. The van der Waals surface area contributed by atoms with E-state index in [1.807, 2.05) is 51.2 Å². The van der Waals surface area contributed by atoms with E-state index in [0.717, 1.165) is 22.6 Å². The van der Waals surface area contributed by atoms with Gasteiger partial charge in [-0.25, -0.2) is 4.79 Å². The molecule has 0 radical (unpaired) electrons. The Morgan fingerprint density at radius 1 is 1.25 bits per heavy atom. The molecule has 104 valence electrons. The number of aromatic carboxylic acids is 1.